The first kappa shape index (κ1) is 18.9. The Morgan fingerprint density at radius 1 is 0.933 bits per heavy atom. The first-order chi connectivity index (χ1) is 14.7. The Kier molecular flexibility index (Phi) is 5.52. The van der Waals surface area contributed by atoms with E-state index >= 15 is 0 Å². The standard InChI is InChI=1S/C23H17N5O2/c29-28(30)20-11-6-7-17(15-20)16-24-27-23(25-19-9-2-1-3-10-19)22-14-13-18-8-4-5-12-21(18)26-22/h1-16H,(H,25,27). The van der Waals surface area contributed by atoms with Gasteiger partial charge in [0.15, 0.2) is 5.84 Å². The third kappa shape index (κ3) is 4.53. The number of nitrogens with zero attached hydrogens (tertiary/aromatic N) is 4. The van der Waals surface area contributed by atoms with Crippen molar-refractivity contribution in [1.29, 1.82) is 0 Å². The van der Waals surface area contributed by atoms with Crippen LogP contribution in [0.4, 0.5) is 11.4 Å². The van der Waals surface area contributed by atoms with Crippen LogP contribution in [0.25, 0.3) is 10.9 Å². The molecule has 0 saturated heterocycles. The summed E-state index contributed by atoms with van der Waals surface area (Å²) in [4.78, 5) is 19.8. The number of hydrogen-bond donors (Lipinski definition) is 1. The first-order valence-electron chi connectivity index (χ1n) is 9.22. The summed E-state index contributed by atoms with van der Waals surface area (Å²) in [5, 5.41) is 16.2. The maximum absolute atomic E-state index is 10.9. The molecule has 1 N–H and O–H groups in total. The number of rotatable bonds is 5. The van der Waals surface area contributed by atoms with Gasteiger partial charge in [-0.05, 0) is 24.3 Å². The topological polar surface area (TPSA) is 92.8 Å². The number of hydrogen-bond acceptors (Lipinski definition) is 5. The Balaban J connectivity index is 1.66. The van der Waals surface area contributed by atoms with E-state index in [4.69, 9.17) is 0 Å². The van der Waals surface area contributed by atoms with Crippen LogP contribution in [-0.4, -0.2) is 22.0 Å². The monoisotopic (exact) mass is 395 g/mol. The molecule has 0 radical (unpaired) electrons. The lowest BCUT2D eigenvalue weighted by atomic mass is 10.2. The molecule has 0 amide bonds. The van der Waals surface area contributed by atoms with Crippen LogP contribution in [-0.2, 0) is 0 Å². The van der Waals surface area contributed by atoms with Crippen molar-refractivity contribution >= 4 is 34.3 Å². The third-order valence-electron chi connectivity index (χ3n) is 4.30. The van der Waals surface area contributed by atoms with Crippen molar-refractivity contribution in [1.82, 2.24) is 10.4 Å². The Bertz CT molecular complexity index is 1250. The molecule has 7 heteroatoms. The van der Waals surface area contributed by atoms with Crippen molar-refractivity contribution in [2.24, 2.45) is 10.1 Å². The SMILES string of the molecule is O=[N+]([O-])c1cccc(C=NNC(=Nc2ccccc2)c2ccc3ccccc3n2)c1. The third-order valence-corrected chi connectivity index (χ3v) is 4.30. The van der Waals surface area contributed by atoms with E-state index in [1.807, 2.05) is 66.7 Å². The summed E-state index contributed by atoms with van der Waals surface area (Å²) in [7, 11) is 0. The van der Waals surface area contributed by atoms with E-state index in [2.05, 4.69) is 20.5 Å². The average molecular weight is 395 g/mol. The normalized spacial score (nSPS) is 11.7. The van der Waals surface area contributed by atoms with Gasteiger partial charge < -0.3 is 0 Å². The number of aromatic nitrogens is 1. The van der Waals surface area contributed by atoms with Crippen LogP contribution in [0.3, 0.4) is 0 Å². The second-order valence-electron chi connectivity index (χ2n) is 6.41. The van der Waals surface area contributed by atoms with Gasteiger partial charge in [-0.15, -0.1) is 0 Å². The van der Waals surface area contributed by atoms with Crippen LogP contribution in [0.1, 0.15) is 11.3 Å². The summed E-state index contributed by atoms with van der Waals surface area (Å²) < 4.78 is 0. The maximum Gasteiger partial charge on any atom is 0.270 e. The minimum absolute atomic E-state index is 0.00771. The maximum atomic E-state index is 10.9. The second kappa shape index (κ2) is 8.74. The number of para-hydroxylation sites is 2. The van der Waals surface area contributed by atoms with Crippen molar-refractivity contribution in [3.05, 3.63) is 112 Å². The first-order valence-corrected chi connectivity index (χ1v) is 9.22. The van der Waals surface area contributed by atoms with Gasteiger partial charge in [0.2, 0.25) is 0 Å². The smallest absolute Gasteiger partial charge is 0.260 e. The van der Waals surface area contributed by atoms with Crippen LogP contribution in [0.15, 0.2) is 101 Å². The zero-order chi connectivity index (χ0) is 20.8. The number of hydrazone groups is 1. The summed E-state index contributed by atoms with van der Waals surface area (Å²) in [6, 6.07) is 27.4. The number of non-ortho nitro benzene ring substituents is 1. The number of aliphatic imine (C=N–C) groups is 1. The summed E-state index contributed by atoms with van der Waals surface area (Å²) >= 11 is 0. The Morgan fingerprint density at radius 2 is 1.73 bits per heavy atom. The molecule has 0 unspecified atom stereocenters. The fraction of sp³-hybridized carbons (Fsp3) is 0. The molecule has 0 saturated carbocycles. The average Bonchev–Trinajstić information content (AvgIpc) is 2.79. The lowest BCUT2D eigenvalue weighted by Crippen LogP contribution is -2.20. The van der Waals surface area contributed by atoms with E-state index in [0.29, 0.717) is 17.1 Å². The zero-order valence-electron chi connectivity index (χ0n) is 15.8. The van der Waals surface area contributed by atoms with Crippen molar-refractivity contribution in [2.45, 2.75) is 0 Å². The van der Waals surface area contributed by atoms with E-state index in [0.717, 1.165) is 16.6 Å². The number of nitrogens with one attached hydrogen (secondary N) is 1. The molecular weight excluding hydrogens is 378 g/mol. The highest BCUT2D eigenvalue weighted by Crippen LogP contribution is 2.15. The molecule has 146 valence electrons. The van der Waals surface area contributed by atoms with Gasteiger partial charge in [-0.25, -0.2) is 9.98 Å². The lowest BCUT2D eigenvalue weighted by molar-refractivity contribution is -0.384. The number of pyridine rings is 1. The van der Waals surface area contributed by atoms with Crippen LogP contribution < -0.4 is 5.43 Å². The summed E-state index contributed by atoms with van der Waals surface area (Å²) in [5.41, 5.74) is 5.77. The molecular formula is C23H17N5O2. The molecule has 0 aliphatic heterocycles. The van der Waals surface area contributed by atoms with Crippen LogP contribution in [0, 0.1) is 10.1 Å². The van der Waals surface area contributed by atoms with Gasteiger partial charge in [-0.1, -0.05) is 54.6 Å². The Labute approximate surface area is 172 Å². The number of fused-ring (bicyclic) bond motifs is 1. The summed E-state index contributed by atoms with van der Waals surface area (Å²) in [6.45, 7) is 0. The lowest BCUT2D eigenvalue weighted by Gasteiger charge is -2.07. The molecule has 4 rings (SSSR count). The van der Waals surface area contributed by atoms with Crippen LogP contribution in [0.2, 0.25) is 0 Å². The van der Waals surface area contributed by atoms with Crippen LogP contribution >= 0.6 is 0 Å². The van der Waals surface area contributed by atoms with E-state index in [-0.39, 0.29) is 5.69 Å². The van der Waals surface area contributed by atoms with Crippen molar-refractivity contribution in [3.63, 3.8) is 0 Å². The highest BCUT2D eigenvalue weighted by molar-refractivity contribution is 6.00. The summed E-state index contributed by atoms with van der Waals surface area (Å²) in [5.74, 6) is 0.466. The molecule has 7 nitrogen and oxygen atoms in total. The second-order valence-corrected chi connectivity index (χ2v) is 6.41. The van der Waals surface area contributed by atoms with Crippen molar-refractivity contribution < 1.29 is 4.92 Å². The van der Waals surface area contributed by atoms with Gasteiger partial charge >= 0.3 is 0 Å². The minimum atomic E-state index is -0.438. The summed E-state index contributed by atoms with van der Waals surface area (Å²) in [6.07, 6.45) is 1.51. The molecule has 0 spiro atoms. The fourth-order valence-corrected chi connectivity index (χ4v) is 2.86. The van der Waals surface area contributed by atoms with Crippen LogP contribution in [0.5, 0.6) is 0 Å². The van der Waals surface area contributed by atoms with E-state index in [1.165, 1.54) is 18.3 Å². The Hall–Kier alpha value is -4.39. The van der Waals surface area contributed by atoms with E-state index < -0.39 is 4.92 Å². The number of amidine groups is 1. The highest BCUT2D eigenvalue weighted by atomic mass is 16.6. The van der Waals surface area contributed by atoms with Crippen molar-refractivity contribution in [3.8, 4) is 0 Å². The molecule has 0 atom stereocenters. The molecule has 0 aliphatic carbocycles. The van der Waals surface area contributed by atoms with Crippen molar-refractivity contribution in [2.75, 3.05) is 0 Å². The molecule has 4 aromatic rings. The van der Waals surface area contributed by atoms with Gasteiger partial charge in [0.1, 0.15) is 5.69 Å². The number of benzene rings is 3. The quantitative estimate of drug-likeness (QED) is 0.226. The van der Waals surface area contributed by atoms with Gasteiger partial charge in [-0.2, -0.15) is 5.10 Å². The van der Waals surface area contributed by atoms with Gasteiger partial charge in [-0.3, -0.25) is 15.5 Å². The van der Waals surface area contributed by atoms with Gasteiger partial charge in [0, 0.05) is 23.1 Å². The molecule has 0 fully saturated rings. The van der Waals surface area contributed by atoms with Gasteiger partial charge in [0.05, 0.1) is 22.3 Å². The van der Waals surface area contributed by atoms with Gasteiger partial charge in [0.25, 0.3) is 5.69 Å². The molecule has 1 aromatic heterocycles. The van der Waals surface area contributed by atoms with E-state index in [1.54, 1.807) is 12.1 Å². The molecule has 30 heavy (non-hydrogen) atoms. The molecule has 1 heterocycles. The molecule has 0 aliphatic rings. The molecule has 3 aromatic carbocycles. The predicted octanol–water partition coefficient (Wildman–Crippen LogP) is 4.85. The fourth-order valence-electron chi connectivity index (χ4n) is 2.86. The predicted molar refractivity (Wildman–Crippen MR) is 118 cm³/mol. The Morgan fingerprint density at radius 3 is 2.57 bits per heavy atom. The zero-order valence-corrected chi connectivity index (χ0v) is 15.8. The largest absolute Gasteiger partial charge is 0.270 e. The van der Waals surface area contributed by atoms with E-state index in [9.17, 15) is 10.1 Å². The minimum Gasteiger partial charge on any atom is -0.260 e. The number of nitro benzene ring substituents is 1. The highest BCUT2D eigenvalue weighted by Gasteiger charge is 2.07. The molecule has 0 bridgehead atoms. The number of nitro groups is 1.